The first-order valence-electron chi connectivity index (χ1n) is 6.01. The predicted molar refractivity (Wildman–Crippen MR) is 74.3 cm³/mol. The molecule has 0 aromatic heterocycles. The highest BCUT2D eigenvalue weighted by Crippen LogP contribution is 2.15. The van der Waals surface area contributed by atoms with E-state index in [9.17, 15) is 8.42 Å². The maximum absolute atomic E-state index is 11.7. The lowest BCUT2D eigenvalue weighted by atomic mass is 10.0. The van der Waals surface area contributed by atoms with Crippen molar-refractivity contribution in [2.45, 2.75) is 20.3 Å². The predicted octanol–water partition coefficient (Wildman–Crippen LogP) is 2.27. The largest absolute Gasteiger partial charge is 0.384 e. The molecule has 0 bridgehead atoms. The van der Waals surface area contributed by atoms with Crippen molar-refractivity contribution in [3.8, 4) is 0 Å². The Hall–Kier alpha value is -1.07. The van der Waals surface area contributed by atoms with Crippen LogP contribution in [0.3, 0.4) is 0 Å². The summed E-state index contributed by atoms with van der Waals surface area (Å²) in [5, 5.41) is 0. The normalized spacial score (nSPS) is 11.8. The molecule has 0 aliphatic heterocycles. The summed E-state index contributed by atoms with van der Waals surface area (Å²) in [6.07, 6.45) is 0.938. The zero-order valence-electron chi connectivity index (χ0n) is 11.1. The van der Waals surface area contributed by atoms with E-state index in [1.54, 1.807) is 6.07 Å². The average molecular weight is 271 g/mol. The zero-order valence-corrected chi connectivity index (χ0v) is 12.0. The molecule has 0 amide bonds. The van der Waals surface area contributed by atoms with Gasteiger partial charge in [-0.25, -0.2) is 8.42 Å². The number of sulfonamides is 1. The van der Waals surface area contributed by atoms with Gasteiger partial charge in [-0.15, -0.1) is 0 Å². The summed E-state index contributed by atoms with van der Waals surface area (Å²) in [6, 6.07) is 7.51. The minimum atomic E-state index is -3.32. The highest BCUT2D eigenvalue weighted by Gasteiger charge is 2.10. The van der Waals surface area contributed by atoms with Crippen molar-refractivity contribution in [2.24, 2.45) is 5.92 Å². The van der Waals surface area contributed by atoms with Crippen molar-refractivity contribution in [3.63, 3.8) is 0 Å². The van der Waals surface area contributed by atoms with E-state index >= 15 is 0 Å². The van der Waals surface area contributed by atoms with Gasteiger partial charge >= 0.3 is 0 Å². The molecule has 1 aromatic carbocycles. The Bertz CT molecular complexity index is 469. The summed E-state index contributed by atoms with van der Waals surface area (Å²) in [4.78, 5) is 0. The molecule has 0 spiro atoms. The number of benzene rings is 1. The van der Waals surface area contributed by atoms with Crippen LogP contribution < -0.4 is 4.72 Å². The lowest BCUT2D eigenvalue weighted by Gasteiger charge is -2.10. The summed E-state index contributed by atoms with van der Waals surface area (Å²) >= 11 is 0. The van der Waals surface area contributed by atoms with Gasteiger partial charge in [0.15, 0.2) is 0 Å². The quantitative estimate of drug-likeness (QED) is 0.827. The number of ether oxygens (including phenoxy) is 1. The van der Waals surface area contributed by atoms with E-state index in [0.717, 1.165) is 12.0 Å². The van der Waals surface area contributed by atoms with E-state index < -0.39 is 10.0 Å². The standard InChI is InChI=1S/C13H21NO3S/c1-11(2)9-12-5-4-6-13(10-12)14-18(15,16)8-7-17-3/h4-6,10-11,14H,7-9H2,1-3H3. The zero-order chi connectivity index (χ0) is 13.6. The van der Waals surface area contributed by atoms with Crippen LogP contribution >= 0.6 is 0 Å². The van der Waals surface area contributed by atoms with Gasteiger partial charge in [-0.05, 0) is 30.0 Å². The molecule has 4 nitrogen and oxygen atoms in total. The first kappa shape index (κ1) is 15.0. The van der Waals surface area contributed by atoms with Crippen molar-refractivity contribution >= 4 is 15.7 Å². The lowest BCUT2D eigenvalue weighted by molar-refractivity contribution is 0.217. The fraction of sp³-hybridized carbons (Fsp3) is 0.538. The number of hydrogen-bond acceptors (Lipinski definition) is 3. The Morgan fingerprint density at radius 2 is 2.06 bits per heavy atom. The van der Waals surface area contributed by atoms with Crippen LogP contribution in [0.15, 0.2) is 24.3 Å². The van der Waals surface area contributed by atoms with E-state index in [1.807, 2.05) is 18.2 Å². The van der Waals surface area contributed by atoms with Crippen LogP contribution in [-0.4, -0.2) is 27.9 Å². The number of hydrogen-bond donors (Lipinski definition) is 1. The van der Waals surface area contributed by atoms with Gasteiger partial charge in [-0.3, -0.25) is 4.72 Å². The average Bonchev–Trinajstić information content (AvgIpc) is 2.25. The Morgan fingerprint density at radius 1 is 1.33 bits per heavy atom. The van der Waals surface area contributed by atoms with E-state index in [4.69, 9.17) is 4.74 Å². The number of rotatable bonds is 7. The third-order valence-corrected chi connectivity index (χ3v) is 3.65. The third-order valence-electron chi connectivity index (χ3n) is 2.40. The molecule has 102 valence electrons. The van der Waals surface area contributed by atoms with Gasteiger partial charge in [0.25, 0.3) is 0 Å². The topological polar surface area (TPSA) is 55.4 Å². The molecule has 18 heavy (non-hydrogen) atoms. The molecule has 1 aromatic rings. The van der Waals surface area contributed by atoms with Gasteiger partial charge in [0.05, 0.1) is 12.4 Å². The Morgan fingerprint density at radius 3 is 2.67 bits per heavy atom. The first-order valence-corrected chi connectivity index (χ1v) is 7.66. The smallest absolute Gasteiger partial charge is 0.234 e. The van der Waals surface area contributed by atoms with Crippen LogP contribution in [0.25, 0.3) is 0 Å². The minimum Gasteiger partial charge on any atom is -0.384 e. The second-order valence-corrected chi connectivity index (χ2v) is 6.55. The number of methoxy groups -OCH3 is 1. The fourth-order valence-corrected chi connectivity index (χ4v) is 2.63. The van der Waals surface area contributed by atoms with Crippen molar-refractivity contribution in [1.82, 2.24) is 0 Å². The molecular weight excluding hydrogens is 250 g/mol. The molecule has 5 heteroatoms. The molecule has 0 saturated heterocycles. The van der Waals surface area contributed by atoms with E-state index in [2.05, 4.69) is 18.6 Å². The molecule has 0 aliphatic rings. The fourth-order valence-electron chi connectivity index (χ4n) is 1.66. The monoisotopic (exact) mass is 271 g/mol. The van der Waals surface area contributed by atoms with E-state index in [1.165, 1.54) is 7.11 Å². The van der Waals surface area contributed by atoms with Crippen molar-refractivity contribution < 1.29 is 13.2 Å². The summed E-state index contributed by atoms with van der Waals surface area (Å²) < 4.78 is 30.7. The van der Waals surface area contributed by atoms with Crippen LogP contribution in [0.2, 0.25) is 0 Å². The Kier molecular flexibility index (Phi) is 5.62. The van der Waals surface area contributed by atoms with E-state index in [0.29, 0.717) is 11.6 Å². The Labute approximate surface area is 109 Å². The maximum atomic E-state index is 11.7. The first-order chi connectivity index (χ1) is 8.43. The van der Waals surface area contributed by atoms with Gasteiger partial charge in [0, 0.05) is 12.8 Å². The molecule has 1 N–H and O–H groups in total. The second-order valence-electron chi connectivity index (χ2n) is 4.71. The molecule has 0 fully saturated rings. The van der Waals surface area contributed by atoms with Crippen LogP contribution in [0.5, 0.6) is 0 Å². The molecule has 0 unspecified atom stereocenters. The van der Waals surface area contributed by atoms with Crippen molar-refractivity contribution in [2.75, 3.05) is 24.2 Å². The Balaban J connectivity index is 2.72. The van der Waals surface area contributed by atoms with Crippen LogP contribution in [0, 0.1) is 5.92 Å². The minimum absolute atomic E-state index is 0.0299. The third kappa shape index (κ3) is 5.51. The lowest BCUT2D eigenvalue weighted by Crippen LogP contribution is -2.19. The van der Waals surface area contributed by atoms with Gasteiger partial charge in [-0.2, -0.15) is 0 Å². The number of anilines is 1. The molecule has 0 heterocycles. The van der Waals surface area contributed by atoms with Crippen molar-refractivity contribution in [3.05, 3.63) is 29.8 Å². The maximum Gasteiger partial charge on any atom is 0.234 e. The van der Waals surface area contributed by atoms with Crippen LogP contribution in [0.1, 0.15) is 19.4 Å². The molecule has 0 aliphatic carbocycles. The van der Waals surface area contributed by atoms with Gasteiger partial charge in [-0.1, -0.05) is 26.0 Å². The summed E-state index contributed by atoms with van der Waals surface area (Å²) in [7, 11) is -1.83. The molecule has 0 radical (unpaired) electrons. The van der Waals surface area contributed by atoms with Crippen LogP contribution in [-0.2, 0) is 21.2 Å². The summed E-state index contributed by atoms with van der Waals surface area (Å²) in [5.41, 5.74) is 1.75. The highest BCUT2D eigenvalue weighted by molar-refractivity contribution is 7.92. The highest BCUT2D eigenvalue weighted by atomic mass is 32.2. The second kappa shape index (κ2) is 6.75. The van der Waals surface area contributed by atoms with Gasteiger partial charge in [0.2, 0.25) is 10.0 Å². The molecule has 1 rings (SSSR count). The van der Waals surface area contributed by atoms with Gasteiger partial charge < -0.3 is 4.74 Å². The SMILES string of the molecule is COCCS(=O)(=O)Nc1cccc(CC(C)C)c1. The summed E-state index contributed by atoms with van der Waals surface area (Å²) in [6.45, 7) is 4.46. The van der Waals surface area contributed by atoms with E-state index in [-0.39, 0.29) is 12.4 Å². The van der Waals surface area contributed by atoms with Gasteiger partial charge in [0.1, 0.15) is 0 Å². The number of nitrogens with one attached hydrogen (secondary N) is 1. The van der Waals surface area contributed by atoms with Crippen molar-refractivity contribution in [1.29, 1.82) is 0 Å². The molecular formula is C13H21NO3S. The molecule has 0 saturated carbocycles. The summed E-state index contributed by atoms with van der Waals surface area (Å²) in [5.74, 6) is 0.517. The van der Waals surface area contributed by atoms with Crippen LogP contribution in [0.4, 0.5) is 5.69 Å². The molecule has 0 atom stereocenters.